The van der Waals surface area contributed by atoms with E-state index in [0.717, 1.165) is 44.1 Å². The number of thiazole rings is 1. The Morgan fingerprint density at radius 2 is 1.94 bits per heavy atom. The van der Waals surface area contributed by atoms with Gasteiger partial charge in [0.1, 0.15) is 0 Å². The van der Waals surface area contributed by atoms with Crippen molar-refractivity contribution in [3.63, 3.8) is 0 Å². The van der Waals surface area contributed by atoms with Crippen LogP contribution in [0.15, 0.2) is 29.6 Å². The van der Waals surface area contributed by atoms with E-state index in [1.807, 2.05) is 23.6 Å². The summed E-state index contributed by atoms with van der Waals surface area (Å²) in [5, 5.41) is 22.6. The first kappa shape index (κ1) is 23.2. The summed E-state index contributed by atoms with van der Waals surface area (Å²) in [6.45, 7) is 0.339. The fourth-order valence-electron chi connectivity index (χ4n) is 5.33. The lowest BCUT2D eigenvalue weighted by molar-refractivity contribution is -0.142. The first-order valence-electron chi connectivity index (χ1n) is 11.3. The van der Waals surface area contributed by atoms with Crippen LogP contribution in [0.2, 0.25) is 5.02 Å². The molecule has 3 atom stereocenters. The second-order valence-corrected chi connectivity index (χ2v) is 10.2. The highest BCUT2D eigenvalue weighted by Gasteiger charge is 2.41. The van der Waals surface area contributed by atoms with Crippen molar-refractivity contribution in [2.24, 2.45) is 23.7 Å². The molecule has 2 fully saturated rings. The highest BCUT2D eigenvalue weighted by molar-refractivity contribution is 7.14. The van der Waals surface area contributed by atoms with E-state index in [1.165, 1.54) is 11.3 Å². The Morgan fingerprint density at radius 1 is 1.19 bits per heavy atom. The Bertz CT molecular complexity index is 959. The van der Waals surface area contributed by atoms with Crippen LogP contribution in [0.5, 0.6) is 0 Å². The number of carboxylic acid groups (broad SMARTS) is 1. The molecule has 1 aromatic heterocycles. The summed E-state index contributed by atoms with van der Waals surface area (Å²) in [5.74, 6) is -1.34. The summed E-state index contributed by atoms with van der Waals surface area (Å²) in [4.78, 5) is 31.8. The van der Waals surface area contributed by atoms with Crippen molar-refractivity contribution in [1.82, 2.24) is 4.98 Å². The molecule has 1 saturated carbocycles. The van der Waals surface area contributed by atoms with Gasteiger partial charge >= 0.3 is 5.97 Å². The van der Waals surface area contributed by atoms with E-state index in [0.29, 0.717) is 28.3 Å². The van der Waals surface area contributed by atoms with Gasteiger partial charge in [-0.05, 0) is 30.7 Å². The topological polar surface area (TPSA) is 90.7 Å². The third kappa shape index (κ3) is 5.00. The number of rotatable bonds is 6. The van der Waals surface area contributed by atoms with Crippen molar-refractivity contribution in [3.8, 4) is 11.3 Å². The number of hydrogen-bond donors (Lipinski definition) is 2. The van der Waals surface area contributed by atoms with Crippen LogP contribution in [0.1, 0.15) is 44.9 Å². The summed E-state index contributed by atoms with van der Waals surface area (Å²) < 4.78 is 0. The van der Waals surface area contributed by atoms with Crippen LogP contribution in [0.3, 0.4) is 0 Å². The number of anilines is 1. The molecule has 2 heterocycles. The molecule has 2 aliphatic rings. The fourth-order valence-corrected chi connectivity index (χ4v) is 6.40. The molecular formula is C24H29ClN2O4S. The number of aromatic nitrogens is 1. The number of aliphatic hydroxyl groups is 1. The van der Waals surface area contributed by atoms with Gasteiger partial charge in [-0.15, -0.1) is 11.3 Å². The molecule has 172 valence electrons. The van der Waals surface area contributed by atoms with Gasteiger partial charge in [0.05, 0.1) is 18.0 Å². The first-order chi connectivity index (χ1) is 15.5. The molecule has 1 amide bonds. The van der Waals surface area contributed by atoms with Gasteiger partial charge in [-0.25, -0.2) is 4.98 Å². The van der Waals surface area contributed by atoms with Gasteiger partial charge in [-0.1, -0.05) is 55.5 Å². The smallest absolute Gasteiger partial charge is 0.304 e. The standard InChI is InChI=1S/C24H29ClN2O4S/c25-20-8-4-3-7-18(20)21-14-32-24(26-21)27-12-15(13-28)9-10-17(16-5-1-2-6-16)19(23(27)31)11-22(29)30/h3-4,7-8,14-17,19,28H,1-2,5-6,9-13H2,(H,29,30)/t15-,17?,19+/m1/s1. The number of benzene rings is 1. The second kappa shape index (κ2) is 10.3. The first-order valence-corrected chi connectivity index (χ1v) is 12.6. The zero-order valence-corrected chi connectivity index (χ0v) is 19.5. The quantitative estimate of drug-likeness (QED) is 0.605. The van der Waals surface area contributed by atoms with E-state index in [9.17, 15) is 19.8 Å². The summed E-state index contributed by atoms with van der Waals surface area (Å²) in [6.07, 6.45) is 5.77. The van der Waals surface area contributed by atoms with E-state index in [4.69, 9.17) is 16.6 Å². The van der Waals surface area contributed by atoms with Crippen LogP contribution in [0.25, 0.3) is 11.3 Å². The molecule has 32 heavy (non-hydrogen) atoms. The normalized spacial score (nSPS) is 25.0. The Labute approximate surface area is 197 Å². The van der Waals surface area contributed by atoms with Crippen LogP contribution >= 0.6 is 22.9 Å². The number of halogens is 1. The van der Waals surface area contributed by atoms with Gasteiger partial charge in [0.2, 0.25) is 5.91 Å². The molecule has 1 unspecified atom stereocenters. The highest BCUT2D eigenvalue weighted by atomic mass is 35.5. The van der Waals surface area contributed by atoms with Gasteiger partial charge in [-0.2, -0.15) is 0 Å². The predicted octanol–water partition coefficient (Wildman–Crippen LogP) is 5.10. The lowest BCUT2D eigenvalue weighted by Crippen LogP contribution is -2.46. The molecule has 4 rings (SSSR count). The minimum absolute atomic E-state index is 0.00644. The molecule has 0 bridgehead atoms. The molecule has 2 N–H and O–H groups in total. The van der Waals surface area contributed by atoms with Crippen LogP contribution < -0.4 is 4.90 Å². The fraction of sp³-hybridized carbons (Fsp3) is 0.542. The van der Waals surface area contributed by atoms with Crippen molar-refractivity contribution in [3.05, 3.63) is 34.7 Å². The predicted molar refractivity (Wildman–Crippen MR) is 126 cm³/mol. The van der Waals surface area contributed by atoms with Crippen LogP contribution in [0, 0.1) is 23.7 Å². The van der Waals surface area contributed by atoms with E-state index in [2.05, 4.69) is 0 Å². The maximum absolute atomic E-state index is 13.8. The van der Waals surface area contributed by atoms with Crippen LogP contribution in [-0.4, -0.2) is 40.2 Å². The summed E-state index contributed by atoms with van der Waals surface area (Å²) in [5.41, 5.74) is 1.48. The Balaban J connectivity index is 1.68. The average molecular weight is 477 g/mol. The summed E-state index contributed by atoms with van der Waals surface area (Å²) >= 11 is 7.69. The van der Waals surface area contributed by atoms with E-state index >= 15 is 0 Å². The minimum atomic E-state index is -0.943. The van der Waals surface area contributed by atoms with E-state index in [1.54, 1.807) is 11.0 Å². The summed E-state index contributed by atoms with van der Waals surface area (Å²) in [6, 6.07) is 7.43. The van der Waals surface area contributed by atoms with Crippen molar-refractivity contribution >= 4 is 39.9 Å². The minimum Gasteiger partial charge on any atom is -0.481 e. The van der Waals surface area contributed by atoms with Gasteiger partial charge in [0.15, 0.2) is 5.13 Å². The van der Waals surface area contributed by atoms with Gasteiger partial charge < -0.3 is 10.2 Å². The number of amides is 1. The monoisotopic (exact) mass is 476 g/mol. The molecule has 1 aliphatic carbocycles. The highest BCUT2D eigenvalue weighted by Crippen LogP contribution is 2.43. The van der Waals surface area contributed by atoms with E-state index < -0.39 is 11.9 Å². The van der Waals surface area contributed by atoms with Gasteiger partial charge in [-0.3, -0.25) is 14.5 Å². The average Bonchev–Trinajstić information content (AvgIpc) is 3.46. The molecule has 2 aromatic rings. The van der Waals surface area contributed by atoms with E-state index in [-0.39, 0.29) is 30.8 Å². The number of aliphatic hydroxyl groups excluding tert-OH is 1. The number of carboxylic acids is 1. The zero-order valence-electron chi connectivity index (χ0n) is 18.0. The van der Waals surface area contributed by atoms with Crippen molar-refractivity contribution in [2.75, 3.05) is 18.1 Å². The summed E-state index contributed by atoms with van der Waals surface area (Å²) in [7, 11) is 0. The Morgan fingerprint density at radius 3 is 2.62 bits per heavy atom. The third-order valence-corrected chi connectivity index (χ3v) is 8.17. The lowest BCUT2D eigenvalue weighted by atomic mass is 9.73. The van der Waals surface area contributed by atoms with Crippen molar-refractivity contribution in [2.45, 2.75) is 44.9 Å². The van der Waals surface area contributed by atoms with Crippen LogP contribution in [0.4, 0.5) is 5.13 Å². The molecule has 1 saturated heterocycles. The lowest BCUT2D eigenvalue weighted by Gasteiger charge is -2.38. The van der Waals surface area contributed by atoms with Gasteiger partial charge in [0.25, 0.3) is 0 Å². The number of aliphatic carboxylic acids is 1. The molecule has 0 spiro atoms. The molecule has 6 nitrogen and oxygen atoms in total. The maximum atomic E-state index is 13.8. The molecular weight excluding hydrogens is 448 g/mol. The maximum Gasteiger partial charge on any atom is 0.304 e. The number of nitrogens with zero attached hydrogens (tertiary/aromatic N) is 2. The number of carbonyl (C=O) groups is 2. The van der Waals surface area contributed by atoms with Crippen molar-refractivity contribution < 1.29 is 19.8 Å². The molecule has 0 radical (unpaired) electrons. The SMILES string of the molecule is O=C(O)C[C@@H]1C(=O)N(c2nc(-c3ccccc3Cl)cs2)C[C@H](CO)CCC1C1CCCC1. The Hall–Kier alpha value is -1.96. The number of hydrogen-bond acceptors (Lipinski definition) is 5. The zero-order chi connectivity index (χ0) is 22.7. The van der Waals surface area contributed by atoms with Crippen molar-refractivity contribution in [1.29, 1.82) is 0 Å². The third-order valence-electron chi connectivity index (χ3n) is 6.98. The molecule has 1 aromatic carbocycles. The second-order valence-electron chi connectivity index (χ2n) is 8.98. The van der Waals surface area contributed by atoms with Crippen LogP contribution in [-0.2, 0) is 9.59 Å². The number of carbonyl (C=O) groups excluding carboxylic acids is 1. The largest absolute Gasteiger partial charge is 0.481 e. The Kier molecular flexibility index (Phi) is 7.48. The molecule has 1 aliphatic heterocycles. The molecule has 8 heteroatoms. The van der Waals surface area contributed by atoms with Gasteiger partial charge in [0, 0.05) is 35.0 Å².